The molecule has 1 atom stereocenters. The van der Waals surface area contributed by atoms with Gasteiger partial charge < -0.3 is 15.5 Å². The Kier molecular flexibility index (Phi) is 6.63. The minimum atomic E-state index is 0.440. The number of nitrogens with two attached hydrogens (primary N) is 1. The maximum atomic E-state index is 6.33. The Morgan fingerprint density at radius 1 is 1.32 bits per heavy atom. The fourth-order valence-corrected chi connectivity index (χ4v) is 2.82. The van der Waals surface area contributed by atoms with Crippen LogP contribution in [0.25, 0.3) is 0 Å². The highest BCUT2D eigenvalue weighted by molar-refractivity contribution is 6.31. The Bertz CT molecular complexity index is 393. The van der Waals surface area contributed by atoms with E-state index in [1.54, 1.807) is 0 Å². The van der Waals surface area contributed by atoms with Crippen molar-refractivity contribution in [2.75, 3.05) is 38.6 Å². The zero-order valence-corrected chi connectivity index (χ0v) is 13.2. The summed E-state index contributed by atoms with van der Waals surface area (Å²) in [5, 5.41) is 0.818. The van der Waals surface area contributed by atoms with E-state index in [1.165, 1.54) is 11.3 Å². The highest BCUT2D eigenvalue weighted by Gasteiger charge is 2.17. The molecular weight excluding hydrogens is 258 g/mol. The first-order valence-corrected chi connectivity index (χ1v) is 7.27. The van der Waals surface area contributed by atoms with Crippen LogP contribution < -0.4 is 10.6 Å². The van der Waals surface area contributed by atoms with Gasteiger partial charge in [-0.15, -0.1) is 0 Å². The van der Waals surface area contributed by atoms with Crippen molar-refractivity contribution >= 4 is 17.3 Å². The third-order valence-corrected chi connectivity index (χ3v) is 3.65. The molecular formula is C15H26ClN3. The molecule has 19 heavy (non-hydrogen) atoms. The lowest BCUT2D eigenvalue weighted by molar-refractivity contribution is 0.372. The predicted molar refractivity (Wildman–Crippen MR) is 85.2 cm³/mol. The van der Waals surface area contributed by atoms with Gasteiger partial charge in [-0.3, -0.25) is 0 Å². The molecule has 0 aliphatic rings. The standard InChI is InChI=1S/C15H26ClN3/c1-5-19(12(2)11-18(3)4)15-8-6-7-14(16)13(15)9-10-17/h6-8,12H,5,9-11,17H2,1-4H3. The Morgan fingerprint density at radius 2 is 2.00 bits per heavy atom. The van der Waals surface area contributed by atoms with E-state index >= 15 is 0 Å². The average Bonchev–Trinajstić information content (AvgIpc) is 2.33. The van der Waals surface area contributed by atoms with Gasteiger partial charge in [0.2, 0.25) is 0 Å². The van der Waals surface area contributed by atoms with Gasteiger partial charge in [0.25, 0.3) is 0 Å². The molecule has 0 aromatic heterocycles. The van der Waals surface area contributed by atoms with Crippen molar-refractivity contribution in [2.24, 2.45) is 5.73 Å². The van der Waals surface area contributed by atoms with Crippen LogP contribution in [0, 0.1) is 0 Å². The minimum Gasteiger partial charge on any atom is -0.368 e. The van der Waals surface area contributed by atoms with Crippen molar-refractivity contribution in [3.63, 3.8) is 0 Å². The molecule has 1 aromatic carbocycles. The predicted octanol–water partition coefficient (Wildman–Crippen LogP) is 2.62. The molecule has 0 aliphatic carbocycles. The zero-order valence-electron chi connectivity index (χ0n) is 12.5. The fraction of sp³-hybridized carbons (Fsp3) is 0.600. The molecule has 0 aliphatic heterocycles. The highest BCUT2D eigenvalue weighted by Crippen LogP contribution is 2.29. The van der Waals surface area contributed by atoms with Gasteiger partial charge >= 0.3 is 0 Å². The number of nitrogens with zero attached hydrogens (tertiary/aromatic N) is 2. The van der Waals surface area contributed by atoms with Crippen LogP contribution in [-0.2, 0) is 6.42 Å². The van der Waals surface area contributed by atoms with E-state index in [0.717, 1.165) is 24.5 Å². The van der Waals surface area contributed by atoms with Gasteiger partial charge in [-0.25, -0.2) is 0 Å². The summed E-state index contributed by atoms with van der Waals surface area (Å²) >= 11 is 6.33. The summed E-state index contributed by atoms with van der Waals surface area (Å²) in [6.45, 7) is 7.03. The van der Waals surface area contributed by atoms with Gasteiger partial charge in [0, 0.05) is 29.8 Å². The molecule has 0 amide bonds. The molecule has 0 radical (unpaired) electrons. The molecule has 0 saturated heterocycles. The maximum absolute atomic E-state index is 6.33. The SMILES string of the molecule is CCN(c1cccc(Cl)c1CCN)C(C)CN(C)C. The number of halogens is 1. The van der Waals surface area contributed by atoms with Crippen LogP contribution in [-0.4, -0.2) is 44.7 Å². The van der Waals surface area contributed by atoms with Crippen LogP contribution in [0.15, 0.2) is 18.2 Å². The van der Waals surface area contributed by atoms with Gasteiger partial charge in [-0.2, -0.15) is 0 Å². The van der Waals surface area contributed by atoms with Crippen LogP contribution in [0.5, 0.6) is 0 Å². The molecule has 4 heteroatoms. The van der Waals surface area contributed by atoms with Crippen molar-refractivity contribution in [3.8, 4) is 0 Å². The van der Waals surface area contributed by atoms with E-state index in [9.17, 15) is 0 Å². The topological polar surface area (TPSA) is 32.5 Å². The normalized spacial score (nSPS) is 12.8. The number of anilines is 1. The molecule has 3 nitrogen and oxygen atoms in total. The number of hydrogen-bond acceptors (Lipinski definition) is 3. The molecule has 1 rings (SSSR count). The first-order valence-electron chi connectivity index (χ1n) is 6.90. The van der Waals surface area contributed by atoms with Crippen molar-refractivity contribution < 1.29 is 0 Å². The maximum Gasteiger partial charge on any atom is 0.0459 e. The average molecular weight is 284 g/mol. The van der Waals surface area contributed by atoms with Gasteiger partial charge in [0.1, 0.15) is 0 Å². The van der Waals surface area contributed by atoms with Crippen LogP contribution in [0.4, 0.5) is 5.69 Å². The molecule has 1 unspecified atom stereocenters. The van der Waals surface area contributed by atoms with Gasteiger partial charge in [0.05, 0.1) is 0 Å². The summed E-state index contributed by atoms with van der Waals surface area (Å²) in [5.41, 5.74) is 8.09. The minimum absolute atomic E-state index is 0.440. The lowest BCUT2D eigenvalue weighted by Gasteiger charge is -2.34. The van der Waals surface area contributed by atoms with Gasteiger partial charge in [0.15, 0.2) is 0 Å². The number of benzene rings is 1. The Labute approximate surface area is 122 Å². The van der Waals surface area contributed by atoms with Crippen molar-refractivity contribution in [1.82, 2.24) is 4.90 Å². The third-order valence-electron chi connectivity index (χ3n) is 3.30. The Morgan fingerprint density at radius 3 is 2.53 bits per heavy atom. The lowest BCUT2D eigenvalue weighted by atomic mass is 10.1. The third kappa shape index (κ3) is 4.37. The monoisotopic (exact) mass is 283 g/mol. The molecule has 108 valence electrons. The van der Waals surface area contributed by atoms with E-state index in [-0.39, 0.29) is 0 Å². The highest BCUT2D eigenvalue weighted by atomic mass is 35.5. The van der Waals surface area contributed by atoms with Crippen LogP contribution in [0.3, 0.4) is 0 Å². The molecule has 0 spiro atoms. The number of rotatable bonds is 7. The van der Waals surface area contributed by atoms with E-state index in [4.69, 9.17) is 17.3 Å². The molecule has 1 aromatic rings. The van der Waals surface area contributed by atoms with Gasteiger partial charge in [-0.1, -0.05) is 17.7 Å². The zero-order chi connectivity index (χ0) is 14.4. The molecule has 0 fully saturated rings. The molecule has 0 heterocycles. The Balaban J connectivity index is 3.06. The van der Waals surface area contributed by atoms with Crippen LogP contribution in [0.2, 0.25) is 5.02 Å². The largest absolute Gasteiger partial charge is 0.368 e. The van der Waals surface area contributed by atoms with Crippen LogP contribution in [0.1, 0.15) is 19.4 Å². The second kappa shape index (κ2) is 7.73. The summed E-state index contributed by atoms with van der Waals surface area (Å²) in [6.07, 6.45) is 0.820. The van der Waals surface area contributed by atoms with E-state index < -0.39 is 0 Å². The van der Waals surface area contributed by atoms with E-state index in [2.05, 4.69) is 43.8 Å². The fourth-order valence-electron chi connectivity index (χ4n) is 2.55. The van der Waals surface area contributed by atoms with E-state index in [0.29, 0.717) is 12.6 Å². The van der Waals surface area contributed by atoms with Crippen molar-refractivity contribution in [2.45, 2.75) is 26.3 Å². The first-order chi connectivity index (χ1) is 9.01. The lowest BCUT2D eigenvalue weighted by Crippen LogP contribution is -2.40. The summed E-state index contributed by atoms with van der Waals surface area (Å²) < 4.78 is 0. The summed E-state index contributed by atoms with van der Waals surface area (Å²) in [6, 6.07) is 6.55. The van der Waals surface area contributed by atoms with Crippen LogP contribution >= 0.6 is 11.6 Å². The summed E-state index contributed by atoms with van der Waals surface area (Å²) in [4.78, 5) is 4.61. The number of hydrogen-bond donors (Lipinski definition) is 1. The second-order valence-electron chi connectivity index (χ2n) is 5.17. The Hall–Kier alpha value is -0.770. The van der Waals surface area contributed by atoms with E-state index in [1.807, 2.05) is 12.1 Å². The summed E-state index contributed by atoms with van der Waals surface area (Å²) in [5.74, 6) is 0. The summed E-state index contributed by atoms with van der Waals surface area (Å²) in [7, 11) is 4.20. The van der Waals surface area contributed by atoms with Crippen molar-refractivity contribution in [3.05, 3.63) is 28.8 Å². The molecule has 0 bridgehead atoms. The van der Waals surface area contributed by atoms with Crippen molar-refractivity contribution in [1.29, 1.82) is 0 Å². The number of likely N-dealkylation sites (N-methyl/N-ethyl adjacent to an activating group) is 2. The quantitative estimate of drug-likeness (QED) is 0.835. The van der Waals surface area contributed by atoms with Gasteiger partial charge in [-0.05, 0) is 58.6 Å². The second-order valence-corrected chi connectivity index (χ2v) is 5.58. The molecule has 0 saturated carbocycles. The molecule has 2 N–H and O–H groups in total. The first kappa shape index (κ1) is 16.3. The smallest absolute Gasteiger partial charge is 0.0459 e.